The van der Waals surface area contributed by atoms with Crippen LogP contribution in [0.25, 0.3) is 5.03 Å². The standard InChI is InChI=1S/C25H35Cl2P.Ru/c26-23-17-9-7-15-21(23)25(27)22-16-8-10-18-24(22)28(19-11-3-1-4-12-19)20-13-5-2-6-14-20;/h7,9,15,17,19-20,24H,1-6,8,10-14,16,18H2;. The molecule has 0 aromatic heterocycles. The Bertz CT molecular complexity index is 659. The molecule has 0 N–H and O–H groups in total. The van der Waals surface area contributed by atoms with Crippen molar-refractivity contribution in [3.05, 3.63) is 40.4 Å². The third-order valence-corrected chi connectivity index (χ3v) is 12.1. The predicted molar refractivity (Wildman–Crippen MR) is 127 cm³/mol. The van der Waals surface area contributed by atoms with Crippen LogP contribution in [0.5, 0.6) is 0 Å². The smallest absolute Gasteiger partial charge is 0.0493 e. The molecule has 162 valence electrons. The van der Waals surface area contributed by atoms with Gasteiger partial charge in [0.15, 0.2) is 0 Å². The molecule has 0 amide bonds. The molecular formula is C25H35Cl2PRu. The summed E-state index contributed by atoms with van der Waals surface area (Å²) in [4.78, 5) is 0. The van der Waals surface area contributed by atoms with Crippen LogP contribution in [0.4, 0.5) is 0 Å². The van der Waals surface area contributed by atoms with Crippen molar-refractivity contribution >= 4 is 36.2 Å². The number of hydrogen-bond donors (Lipinski definition) is 0. The Kier molecular flexibility index (Phi) is 10.0. The van der Waals surface area contributed by atoms with Gasteiger partial charge in [-0.25, -0.2) is 0 Å². The zero-order valence-corrected chi connectivity index (χ0v) is 21.6. The van der Waals surface area contributed by atoms with Crippen molar-refractivity contribution in [2.45, 2.75) is 107 Å². The van der Waals surface area contributed by atoms with Crippen LogP contribution in [-0.4, -0.2) is 17.0 Å². The largest absolute Gasteiger partial charge is 0.0929 e. The van der Waals surface area contributed by atoms with E-state index in [2.05, 4.69) is 12.1 Å². The van der Waals surface area contributed by atoms with Crippen molar-refractivity contribution in [3.8, 4) is 0 Å². The fourth-order valence-corrected chi connectivity index (χ4v) is 11.3. The Hall–Kier alpha value is 0.593. The number of rotatable bonds is 4. The Morgan fingerprint density at radius 1 is 0.759 bits per heavy atom. The maximum Gasteiger partial charge on any atom is 0.0493 e. The van der Waals surface area contributed by atoms with Crippen LogP contribution in [-0.2, 0) is 19.5 Å². The fourth-order valence-electron chi connectivity index (χ4n) is 5.96. The van der Waals surface area contributed by atoms with Crippen LogP contribution < -0.4 is 0 Å². The van der Waals surface area contributed by atoms with Crippen molar-refractivity contribution in [2.75, 3.05) is 0 Å². The van der Waals surface area contributed by atoms with Gasteiger partial charge in [-0.15, -0.1) is 0 Å². The first-order valence-electron chi connectivity index (χ1n) is 11.7. The molecule has 3 fully saturated rings. The van der Waals surface area contributed by atoms with E-state index in [1.165, 1.54) is 89.9 Å². The van der Waals surface area contributed by atoms with Crippen LogP contribution in [0.3, 0.4) is 0 Å². The first kappa shape index (κ1) is 24.2. The minimum Gasteiger partial charge on any atom is -0.0929 e. The van der Waals surface area contributed by atoms with E-state index in [0.717, 1.165) is 32.6 Å². The zero-order valence-electron chi connectivity index (χ0n) is 17.5. The normalized spacial score (nSPS) is 26.2. The van der Waals surface area contributed by atoms with Gasteiger partial charge in [0.05, 0.1) is 0 Å². The van der Waals surface area contributed by atoms with Crippen LogP contribution in [0.1, 0.15) is 95.5 Å². The summed E-state index contributed by atoms with van der Waals surface area (Å²) >= 11 is 13.7. The molecule has 1 aromatic rings. The summed E-state index contributed by atoms with van der Waals surface area (Å²) in [6, 6.07) is 8.19. The molecule has 1 atom stereocenters. The van der Waals surface area contributed by atoms with E-state index in [4.69, 9.17) is 23.2 Å². The average Bonchev–Trinajstić information content (AvgIpc) is 2.76. The number of halogens is 2. The molecule has 0 aliphatic heterocycles. The van der Waals surface area contributed by atoms with Crippen LogP contribution in [0.2, 0.25) is 5.02 Å². The minimum atomic E-state index is 0. The zero-order chi connectivity index (χ0) is 19.3. The molecule has 3 saturated carbocycles. The van der Waals surface area contributed by atoms with Crippen molar-refractivity contribution in [1.29, 1.82) is 0 Å². The van der Waals surface area contributed by atoms with E-state index < -0.39 is 0 Å². The van der Waals surface area contributed by atoms with Gasteiger partial charge >= 0.3 is 0 Å². The van der Waals surface area contributed by atoms with Crippen LogP contribution in [0.15, 0.2) is 29.8 Å². The molecule has 3 aliphatic carbocycles. The molecule has 4 rings (SSSR count). The van der Waals surface area contributed by atoms with Gasteiger partial charge in [-0.2, -0.15) is 0 Å². The van der Waals surface area contributed by atoms with E-state index in [1.807, 2.05) is 12.1 Å². The molecule has 29 heavy (non-hydrogen) atoms. The maximum atomic E-state index is 7.11. The molecule has 1 aromatic carbocycles. The Balaban J connectivity index is 0.00000240. The third kappa shape index (κ3) is 5.89. The van der Waals surface area contributed by atoms with Gasteiger partial charge in [0.2, 0.25) is 0 Å². The summed E-state index contributed by atoms with van der Waals surface area (Å²) in [7, 11) is 0.0277. The second kappa shape index (κ2) is 12.0. The van der Waals surface area contributed by atoms with Gasteiger partial charge in [-0.3, -0.25) is 0 Å². The van der Waals surface area contributed by atoms with E-state index in [-0.39, 0.29) is 27.4 Å². The van der Waals surface area contributed by atoms with E-state index in [0.29, 0.717) is 0 Å². The number of benzene rings is 1. The van der Waals surface area contributed by atoms with E-state index in [1.54, 1.807) is 5.57 Å². The molecule has 0 spiro atoms. The third-order valence-electron chi connectivity index (χ3n) is 7.32. The summed E-state index contributed by atoms with van der Waals surface area (Å²) in [5.41, 5.74) is 5.36. The summed E-state index contributed by atoms with van der Waals surface area (Å²) in [5.74, 6) is 0. The second-order valence-corrected chi connectivity index (χ2v) is 12.9. The number of hydrogen-bond acceptors (Lipinski definition) is 0. The molecule has 0 heterocycles. The van der Waals surface area contributed by atoms with Crippen LogP contribution >= 0.6 is 31.1 Å². The fraction of sp³-hybridized carbons (Fsp3) is 0.680. The first-order chi connectivity index (χ1) is 13.8. The molecule has 3 aliphatic rings. The SMILES string of the molecule is ClC(=C1CCCCC1P(C1CCCCC1)C1CCCCC1)c1ccccc1Cl.[Ru]. The summed E-state index contributed by atoms with van der Waals surface area (Å²) in [6.45, 7) is 0. The van der Waals surface area contributed by atoms with Gasteiger partial charge in [0, 0.05) is 40.8 Å². The molecule has 0 bridgehead atoms. The topological polar surface area (TPSA) is 0 Å². The summed E-state index contributed by atoms with van der Waals surface area (Å²) in [6.07, 6.45) is 19.9. The van der Waals surface area contributed by atoms with Gasteiger partial charge in [0.1, 0.15) is 0 Å². The summed E-state index contributed by atoms with van der Waals surface area (Å²) < 4.78 is 0. The Labute approximate surface area is 202 Å². The molecule has 0 nitrogen and oxygen atoms in total. The molecule has 0 saturated heterocycles. The predicted octanol–water partition coefficient (Wildman–Crippen LogP) is 9.38. The van der Waals surface area contributed by atoms with Gasteiger partial charge < -0.3 is 0 Å². The van der Waals surface area contributed by atoms with Gasteiger partial charge in [0.25, 0.3) is 0 Å². The Morgan fingerprint density at radius 2 is 1.31 bits per heavy atom. The van der Waals surface area contributed by atoms with Crippen molar-refractivity contribution in [1.82, 2.24) is 0 Å². The van der Waals surface area contributed by atoms with Crippen molar-refractivity contribution < 1.29 is 19.5 Å². The quantitative estimate of drug-likeness (QED) is 0.265. The van der Waals surface area contributed by atoms with E-state index >= 15 is 0 Å². The second-order valence-electron chi connectivity index (χ2n) is 9.11. The van der Waals surface area contributed by atoms with Crippen molar-refractivity contribution in [2.24, 2.45) is 0 Å². The number of allylic oxidation sites excluding steroid dienone is 1. The Morgan fingerprint density at radius 3 is 1.90 bits per heavy atom. The minimum absolute atomic E-state index is 0. The monoisotopic (exact) mass is 538 g/mol. The first-order valence-corrected chi connectivity index (χ1v) is 14.0. The molecule has 4 heteroatoms. The average molecular weight is 539 g/mol. The molecular weight excluding hydrogens is 503 g/mol. The molecule has 0 radical (unpaired) electrons. The van der Waals surface area contributed by atoms with Crippen LogP contribution in [0, 0.1) is 0 Å². The van der Waals surface area contributed by atoms with Gasteiger partial charge in [-0.05, 0) is 67.9 Å². The molecule has 1 unspecified atom stereocenters. The van der Waals surface area contributed by atoms with E-state index in [9.17, 15) is 0 Å². The summed E-state index contributed by atoms with van der Waals surface area (Å²) in [5, 5.41) is 1.80. The van der Waals surface area contributed by atoms with Crippen molar-refractivity contribution in [3.63, 3.8) is 0 Å². The van der Waals surface area contributed by atoms with Gasteiger partial charge in [-0.1, -0.05) is 94.3 Å². The maximum absolute atomic E-state index is 7.11.